The highest BCUT2D eigenvalue weighted by Crippen LogP contribution is 2.17. The van der Waals surface area contributed by atoms with Crippen molar-refractivity contribution in [3.63, 3.8) is 0 Å². The van der Waals surface area contributed by atoms with Gasteiger partial charge in [-0.2, -0.15) is 0 Å². The Morgan fingerprint density at radius 1 is 1.33 bits per heavy atom. The van der Waals surface area contributed by atoms with Crippen molar-refractivity contribution >= 4 is 5.91 Å². The Bertz CT molecular complexity index is 227. The Balaban J connectivity index is 1.88. The maximum absolute atomic E-state index is 12.1. The first-order valence-electron chi connectivity index (χ1n) is 5.95. The third-order valence-electron chi connectivity index (χ3n) is 3.35. The van der Waals surface area contributed by atoms with E-state index in [0.717, 1.165) is 45.3 Å². The summed E-state index contributed by atoms with van der Waals surface area (Å²) in [6.45, 7) is 3.21. The van der Waals surface area contributed by atoms with Gasteiger partial charge in [0.2, 0.25) is 5.91 Å². The maximum atomic E-state index is 12.1. The number of aliphatic hydroxyl groups is 1. The predicted octanol–water partition coefficient (Wildman–Crippen LogP) is -0.0307. The molecule has 1 amide bonds. The third-order valence-corrected chi connectivity index (χ3v) is 3.35. The fourth-order valence-corrected chi connectivity index (χ4v) is 2.48. The minimum absolute atomic E-state index is 0.143. The van der Waals surface area contributed by atoms with Crippen LogP contribution in [0.2, 0.25) is 0 Å². The molecule has 2 heterocycles. The lowest BCUT2D eigenvalue weighted by Crippen LogP contribution is -2.48. The number of aliphatic hydroxyl groups excluding tert-OH is 1. The van der Waals surface area contributed by atoms with Crippen molar-refractivity contribution in [3.05, 3.63) is 0 Å². The summed E-state index contributed by atoms with van der Waals surface area (Å²) in [6, 6.07) is 0. The number of carbonyl (C=O) groups is 1. The first-order chi connectivity index (χ1) is 7.27. The van der Waals surface area contributed by atoms with Crippen LogP contribution in [0.25, 0.3) is 0 Å². The molecule has 4 heteroatoms. The molecule has 2 aliphatic rings. The number of likely N-dealkylation sites (tertiary alicyclic amines) is 1. The summed E-state index contributed by atoms with van der Waals surface area (Å²) in [5, 5.41) is 12.8. The summed E-state index contributed by atoms with van der Waals surface area (Å²) in [4.78, 5) is 13.9. The summed E-state index contributed by atoms with van der Waals surface area (Å²) in [5.41, 5.74) is 0. The highest BCUT2D eigenvalue weighted by Gasteiger charge is 2.28. The van der Waals surface area contributed by atoms with E-state index in [1.807, 2.05) is 4.90 Å². The number of hydrogen-bond acceptors (Lipinski definition) is 3. The third kappa shape index (κ3) is 2.69. The van der Waals surface area contributed by atoms with E-state index in [0.29, 0.717) is 6.54 Å². The van der Waals surface area contributed by atoms with E-state index in [1.54, 1.807) is 0 Å². The molecule has 0 saturated carbocycles. The zero-order chi connectivity index (χ0) is 10.7. The van der Waals surface area contributed by atoms with Crippen LogP contribution in [-0.2, 0) is 4.79 Å². The van der Waals surface area contributed by atoms with E-state index >= 15 is 0 Å². The fourth-order valence-electron chi connectivity index (χ4n) is 2.48. The smallest absolute Gasteiger partial charge is 0.227 e. The van der Waals surface area contributed by atoms with Gasteiger partial charge in [-0.3, -0.25) is 4.79 Å². The van der Waals surface area contributed by atoms with E-state index in [4.69, 9.17) is 0 Å². The highest BCUT2D eigenvalue weighted by atomic mass is 16.3. The average Bonchev–Trinajstić information content (AvgIpc) is 2.29. The molecule has 0 radical (unpaired) electrons. The molecule has 0 bridgehead atoms. The molecule has 2 fully saturated rings. The molecule has 2 atom stereocenters. The quantitative estimate of drug-likeness (QED) is 0.642. The lowest BCUT2D eigenvalue weighted by Gasteiger charge is -2.34. The van der Waals surface area contributed by atoms with Crippen molar-refractivity contribution in [2.75, 3.05) is 26.2 Å². The number of nitrogens with one attached hydrogen (secondary N) is 1. The van der Waals surface area contributed by atoms with Gasteiger partial charge in [0.25, 0.3) is 0 Å². The minimum Gasteiger partial charge on any atom is -0.391 e. The molecule has 0 aromatic heterocycles. The highest BCUT2D eigenvalue weighted by molar-refractivity contribution is 5.79. The molecule has 2 aliphatic heterocycles. The van der Waals surface area contributed by atoms with Crippen LogP contribution >= 0.6 is 0 Å². The summed E-state index contributed by atoms with van der Waals surface area (Å²) < 4.78 is 0. The SMILES string of the molecule is O=C(C1CCCNC1)N1CCC[C@H](O)C1. The largest absolute Gasteiger partial charge is 0.391 e. The molecular weight excluding hydrogens is 192 g/mol. The van der Waals surface area contributed by atoms with Crippen molar-refractivity contribution in [1.82, 2.24) is 10.2 Å². The minimum atomic E-state index is -0.306. The summed E-state index contributed by atoms with van der Waals surface area (Å²) in [7, 11) is 0. The van der Waals surface area contributed by atoms with Gasteiger partial charge < -0.3 is 15.3 Å². The normalized spacial score (nSPS) is 32.7. The number of nitrogens with zero attached hydrogens (tertiary/aromatic N) is 1. The predicted molar refractivity (Wildman–Crippen MR) is 57.4 cm³/mol. The molecule has 0 spiro atoms. The van der Waals surface area contributed by atoms with Crippen LogP contribution in [0.5, 0.6) is 0 Å². The van der Waals surface area contributed by atoms with Crippen LogP contribution in [-0.4, -0.2) is 48.2 Å². The van der Waals surface area contributed by atoms with Gasteiger partial charge in [0, 0.05) is 19.6 Å². The molecule has 4 nitrogen and oxygen atoms in total. The number of piperidine rings is 2. The van der Waals surface area contributed by atoms with Crippen LogP contribution in [0.1, 0.15) is 25.7 Å². The standard InChI is InChI=1S/C11H20N2O2/c14-10-4-2-6-13(8-10)11(15)9-3-1-5-12-7-9/h9-10,12,14H,1-8H2/t9?,10-/m0/s1. The van der Waals surface area contributed by atoms with Gasteiger partial charge in [-0.25, -0.2) is 0 Å². The monoisotopic (exact) mass is 212 g/mol. The van der Waals surface area contributed by atoms with E-state index < -0.39 is 0 Å². The lowest BCUT2D eigenvalue weighted by molar-refractivity contribution is -0.139. The van der Waals surface area contributed by atoms with E-state index in [9.17, 15) is 9.90 Å². The molecule has 2 rings (SSSR count). The molecular formula is C11H20N2O2. The first kappa shape index (κ1) is 10.9. The van der Waals surface area contributed by atoms with Crippen LogP contribution in [0.4, 0.5) is 0 Å². The molecule has 86 valence electrons. The Morgan fingerprint density at radius 2 is 2.20 bits per heavy atom. The number of β-amino-alcohol motifs (C(OH)–C–C–N with tert-alkyl or cyclic N) is 1. The summed E-state index contributed by atoms with van der Waals surface area (Å²) >= 11 is 0. The number of amides is 1. The zero-order valence-electron chi connectivity index (χ0n) is 9.11. The van der Waals surface area contributed by atoms with Gasteiger partial charge in [0.1, 0.15) is 0 Å². The van der Waals surface area contributed by atoms with Gasteiger partial charge in [0.05, 0.1) is 12.0 Å². The summed E-state index contributed by atoms with van der Waals surface area (Å²) in [5.74, 6) is 0.380. The summed E-state index contributed by atoms with van der Waals surface area (Å²) in [6.07, 6.45) is 3.56. The van der Waals surface area contributed by atoms with Gasteiger partial charge in [-0.15, -0.1) is 0 Å². The topological polar surface area (TPSA) is 52.6 Å². The molecule has 0 aliphatic carbocycles. The van der Waals surface area contributed by atoms with Crippen molar-refractivity contribution in [3.8, 4) is 0 Å². The maximum Gasteiger partial charge on any atom is 0.227 e. The Kier molecular flexibility index (Phi) is 3.59. The van der Waals surface area contributed by atoms with Crippen molar-refractivity contribution < 1.29 is 9.90 Å². The van der Waals surface area contributed by atoms with Crippen molar-refractivity contribution in [2.45, 2.75) is 31.8 Å². The molecule has 0 aromatic carbocycles. The van der Waals surface area contributed by atoms with Crippen molar-refractivity contribution in [1.29, 1.82) is 0 Å². The average molecular weight is 212 g/mol. The number of carbonyl (C=O) groups excluding carboxylic acids is 1. The van der Waals surface area contributed by atoms with Crippen LogP contribution in [0.3, 0.4) is 0 Å². The Hall–Kier alpha value is -0.610. The second-order valence-corrected chi connectivity index (χ2v) is 4.62. The molecule has 15 heavy (non-hydrogen) atoms. The van der Waals surface area contributed by atoms with Gasteiger partial charge in [-0.05, 0) is 32.2 Å². The Labute approximate surface area is 90.6 Å². The first-order valence-corrected chi connectivity index (χ1v) is 5.95. The van der Waals surface area contributed by atoms with Gasteiger partial charge in [-0.1, -0.05) is 0 Å². The second-order valence-electron chi connectivity index (χ2n) is 4.62. The van der Waals surface area contributed by atoms with Gasteiger partial charge >= 0.3 is 0 Å². The lowest BCUT2D eigenvalue weighted by atomic mass is 9.96. The van der Waals surface area contributed by atoms with E-state index in [1.165, 1.54) is 0 Å². The van der Waals surface area contributed by atoms with Crippen molar-refractivity contribution in [2.24, 2.45) is 5.92 Å². The van der Waals surface area contributed by atoms with E-state index in [-0.39, 0.29) is 17.9 Å². The Morgan fingerprint density at radius 3 is 2.87 bits per heavy atom. The second kappa shape index (κ2) is 4.94. The molecule has 1 unspecified atom stereocenters. The zero-order valence-corrected chi connectivity index (χ0v) is 9.11. The van der Waals surface area contributed by atoms with Crippen LogP contribution in [0, 0.1) is 5.92 Å². The fraction of sp³-hybridized carbons (Fsp3) is 0.909. The van der Waals surface area contributed by atoms with Crippen LogP contribution in [0.15, 0.2) is 0 Å². The number of hydrogen-bond donors (Lipinski definition) is 2. The van der Waals surface area contributed by atoms with Crippen LogP contribution < -0.4 is 5.32 Å². The van der Waals surface area contributed by atoms with Gasteiger partial charge in [0.15, 0.2) is 0 Å². The van der Waals surface area contributed by atoms with E-state index in [2.05, 4.69) is 5.32 Å². The number of rotatable bonds is 1. The molecule has 0 aromatic rings. The molecule has 2 N–H and O–H groups in total. The molecule has 2 saturated heterocycles.